The Hall–Kier alpha value is -3.39. The molecule has 150 valence electrons. The lowest BCUT2D eigenvalue weighted by molar-refractivity contribution is 0.318. The van der Waals surface area contributed by atoms with Crippen molar-refractivity contribution in [1.82, 2.24) is 0 Å². The summed E-state index contributed by atoms with van der Waals surface area (Å²) in [5.74, 6) is -0.389. The van der Waals surface area contributed by atoms with Crippen LogP contribution in [-0.4, -0.2) is 26.3 Å². The third kappa shape index (κ3) is 4.91. The summed E-state index contributed by atoms with van der Waals surface area (Å²) in [5, 5.41) is 10.2. The molecular formula is C21H19FN2O4S. The fourth-order valence-electron chi connectivity index (χ4n) is 2.54. The third-order valence-corrected chi connectivity index (χ3v) is 5.29. The largest absolute Gasteiger partial charge is 0.504 e. The second-order valence-electron chi connectivity index (χ2n) is 5.97. The van der Waals surface area contributed by atoms with Crippen LogP contribution in [-0.2, 0) is 10.0 Å². The molecule has 0 aliphatic heterocycles. The predicted octanol–water partition coefficient (Wildman–Crippen LogP) is 4.48. The zero-order valence-electron chi connectivity index (χ0n) is 15.5. The van der Waals surface area contributed by atoms with Gasteiger partial charge in [0.15, 0.2) is 11.5 Å². The van der Waals surface area contributed by atoms with Gasteiger partial charge in [-0.2, -0.15) is 0 Å². The average molecular weight is 414 g/mol. The Morgan fingerprint density at radius 2 is 1.86 bits per heavy atom. The number of sulfonamides is 1. The minimum Gasteiger partial charge on any atom is -0.504 e. The second kappa shape index (κ2) is 8.74. The molecule has 3 aromatic carbocycles. The van der Waals surface area contributed by atoms with Crippen LogP contribution in [0.2, 0.25) is 0 Å². The van der Waals surface area contributed by atoms with Crippen molar-refractivity contribution < 1.29 is 22.7 Å². The van der Waals surface area contributed by atoms with E-state index in [1.807, 2.05) is 6.92 Å². The Labute approximate surface area is 168 Å². The first kappa shape index (κ1) is 20.3. The summed E-state index contributed by atoms with van der Waals surface area (Å²) in [6, 6.07) is 16.4. The molecule has 29 heavy (non-hydrogen) atoms. The molecular weight excluding hydrogens is 395 g/mol. The molecule has 0 unspecified atom stereocenters. The molecule has 0 aromatic heterocycles. The molecule has 3 rings (SSSR count). The van der Waals surface area contributed by atoms with Gasteiger partial charge in [0.25, 0.3) is 10.0 Å². The van der Waals surface area contributed by atoms with Crippen molar-refractivity contribution in [3.8, 4) is 11.5 Å². The summed E-state index contributed by atoms with van der Waals surface area (Å²) >= 11 is 0. The van der Waals surface area contributed by atoms with Crippen LogP contribution >= 0.6 is 0 Å². The van der Waals surface area contributed by atoms with Crippen LogP contribution in [0.5, 0.6) is 11.5 Å². The number of rotatable bonds is 7. The molecule has 6 nitrogen and oxygen atoms in total. The van der Waals surface area contributed by atoms with Gasteiger partial charge in [-0.3, -0.25) is 9.71 Å². The second-order valence-corrected chi connectivity index (χ2v) is 7.65. The van der Waals surface area contributed by atoms with Gasteiger partial charge in [0.2, 0.25) is 0 Å². The van der Waals surface area contributed by atoms with E-state index in [4.69, 9.17) is 4.74 Å². The zero-order chi connectivity index (χ0) is 20.9. The van der Waals surface area contributed by atoms with E-state index in [1.165, 1.54) is 48.7 Å². The number of benzene rings is 3. The Balaban J connectivity index is 1.85. The molecule has 0 saturated carbocycles. The number of phenolic OH excluding ortho intramolecular Hbond substituents is 1. The Morgan fingerprint density at radius 1 is 1.10 bits per heavy atom. The third-order valence-electron chi connectivity index (χ3n) is 3.93. The summed E-state index contributed by atoms with van der Waals surface area (Å²) < 4.78 is 46.4. The minimum absolute atomic E-state index is 0.0527. The highest BCUT2D eigenvalue weighted by Gasteiger charge is 2.16. The first-order valence-electron chi connectivity index (χ1n) is 8.77. The van der Waals surface area contributed by atoms with E-state index < -0.39 is 15.8 Å². The van der Waals surface area contributed by atoms with E-state index in [1.54, 1.807) is 24.3 Å². The smallest absolute Gasteiger partial charge is 0.262 e. The van der Waals surface area contributed by atoms with Crippen molar-refractivity contribution in [2.24, 2.45) is 4.99 Å². The summed E-state index contributed by atoms with van der Waals surface area (Å²) in [4.78, 5) is 4.16. The molecule has 8 heteroatoms. The predicted molar refractivity (Wildman–Crippen MR) is 110 cm³/mol. The van der Waals surface area contributed by atoms with Gasteiger partial charge in [0.05, 0.1) is 22.9 Å². The number of hydrogen-bond donors (Lipinski definition) is 2. The van der Waals surface area contributed by atoms with Crippen LogP contribution in [0.1, 0.15) is 12.5 Å². The number of hydrogen-bond acceptors (Lipinski definition) is 5. The number of phenols is 1. The number of anilines is 1. The molecule has 0 bridgehead atoms. The van der Waals surface area contributed by atoms with E-state index in [2.05, 4.69) is 9.71 Å². The quantitative estimate of drug-likeness (QED) is 0.558. The molecule has 2 N–H and O–H groups in total. The van der Waals surface area contributed by atoms with Crippen molar-refractivity contribution in [2.45, 2.75) is 11.8 Å². The molecule has 0 amide bonds. The highest BCUT2D eigenvalue weighted by molar-refractivity contribution is 7.92. The van der Waals surface area contributed by atoms with Gasteiger partial charge >= 0.3 is 0 Å². The van der Waals surface area contributed by atoms with Crippen molar-refractivity contribution in [3.05, 3.63) is 78.1 Å². The maximum absolute atomic E-state index is 13.8. The van der Waals surface area contributed by atoms with Crippen LogP contribution in [0.4, 0.5) is 15.8 Å². The normalized spacial score (nSPS) is 11.5. The van der Waals surface area contributed by atoms with Crippen LogP contribution in [0, 0.1) is 5.82 Å². The highest BCUT2D eigenvalue weighted by Crippen LogP contribution is 2.29. The van der Waals surface area contributed by atoms with E-state index in [0.717, 1.165) is 0 Å². The number of ether oxygens (including phenoxy) is 1. The maximum atomic E-state index is 13.8. The Kier molecular flexibility index (Phi) is 6.13. The van der Waals surface area contributed by atoms with Crippen molar-refractivity contribution >= 4 is 27.6 Å². The highest BCUT2D eigenvalue weighted by atomic mass is 32.2. The molecule has 0 spiro atoms. The number of nitrogens with zero attached hydrogens (tertiary/aromatic N) is 1. The van der Waals surface area contributed by atoms with Crippen LogP contribution in [0.15, 0.2) is 76.6 Å². The molecule has 3 aromatic rings. The molecule has 0 fully saturated rings. The van der Waals surface area contributed by atoms with Gasteiger partial charge in [-0.05, 0) is 49.4 Å². The van der Waals surface area contributed by atoms with Gasteiger partial charge in [-0.15, -0.1) is 0 Å². The topological polar surface area (TPSA) is 88.0 Å². The van der Waals surface area contributed by atoms with Crippen molar-refractivity contribution in [3.63, 3.8) is 0 Å². The summed E-state index contributed by atoms with van der Waals surface area (Å²) in [6.45, 7) is 2.21. The summed E-state index contributed by atoms with van der Waals surface area (Å²) in [7, 11) is -4.00. The van der Waals surface area contributed by atoms with Gasteiger partial charge < -0.3 is 9.84 Å². The van der Waals surface area contributed by atoms with Crippen molar-refractivity contribution in [1.29, 1.82) is 0 Å². The van der Waals surface area contributed by atoms with Crippen molar-refractivity contribution in [2.75, 3.05) is 11.3 Å². The standard InChI is InChI=1S/C21H19FN2O4S/c1-2-28-20-12-5-7-15(21(20)25)14-23-16-8-6-9-17(13-16)29(26,27)24-19-11-4-3-10-18(19)22/h3-14,24-25H,2H2,1H3. The average Bonchev–Trinajstić information content (AvgIpc) is 2.71. The lowest BCUT2D eigenvalue weighted by Crippen LogP contribution is -2.13. The zero-order valence-corrected chi connectivity index (χ0v) is 16.4. The first-order chi connectivity index (χ1) is 13.9. The molecule has 0 radical (unpaired) electrons. The Morgan fingerprint density at radius 3 is 2.62 bits per heavy atom. The first-order valence-corrected chi connectivity index (χ1v) is 10.3. The maximum Gasteiger partial charge on any atom is 0.262 e. The van der Waals surface area contributed by atoms with Gasteiger partial charge in [0.1, 0.15) is 5.82 Å². The van der Waals surface area contributed by atoms with E-state index in [-0.39, 0.29) is 16.3 Å². The van der Waals surface area contributed by atoms with Gasteiger partial charge in [-0.1, -0.05) is 24.3 Å². The number of aliphatic imine (C=N–C) groups is 1. The molecule has 0 atom stereocenters. The number of aromatic hydroxyl groups is 1. The van der Waals surface area contributed by atoms with E-state index >= 15 is 0 Å². The molecule has 0 heterocycles. The van der Waals surface area contributed by atoms with Crippen LogP contribution < -0.4 is 9.46 Å². The van der Waals surface area contributed by atoms with Gasteiger partial charge in [0, 0.05) is 11.8 Å². The molecule has 0 aliphatic rings. The monoisotopic (exact) mass is 414 g/mol. The van der Waals surface area contributed by atoms with E-state index in [9.17, 15) is 17.9 Å². The number of halogens is 1. The fraction of sp³-hybridized carbons (Fsp3) is 0.0952. The SMILES string of the molecule is CCOc1cccc(C=Nc2cccc(S(=O)(=O)Nc3ccccc3F)c2)c1O. The number of para-hydroxylation sites is 2. The van der Waals surface area contributed by atoms with Crippen LogP contribution in [0.25, 0.3) is 0 Å². The van der Waals surface area contributed by atoms with Crippen LogP contribution in [0.3, 0.4) is 0 Å². The van der Waals surface area contributed by atoms with E-state index in [0.29, 0.717) is 23.6 Å². The fourth-order valence-corrected chi connectivity index (χ4v) is 3.64. The lowest BCUT2D eigenvalue weighted by atomic mass is 10.2. The summed E-state index contributed by atoms with van der Waals surface area (Å²) in [6.07, 6.45) is 1.41. The molecule has 0 aliphatic carbocycles. The lowest BCUT2D eigenvalue weighted by Gasteiger charge is -2.09. The van der Waals surface area contributed by atoms with Gasteiger partial charge in [-0.25, -0.2) is 12.8 Å². The Bertz CT molecular complexity index is 1150. The minimum atomic E-state index is -4.00. The summed E-state index contributed by atoms with van der Waals surface area (Å²) in [5.41, 5.74) is 0.635. The number of nitrogens with one attached hydrogen (secondary N) is 1. The molecule has 0 saturated heterocycles.